The molecule has 0 aliphatic heterocycles. The summed E-state index contributed by atoms with van der Waals surface area (Å²) in [5.41, 5.74) is 2.25. The number of benzene rings is 1. The second-order valence-electron chi connectivity index (χ2n) is 20.2. The van der Waals surface area contributed by atoms with Crippen molar-refractivity contribution in [2.75, 3.05) is 0 Å². The molecule has 5 fully saturated rings. The minimum Gasteiger partial charge on any atom is -0.481 e. The largest absolute Gasteiger partial charge is 0.481 e. The summed E-state index contributed by atoms with van der Waals surface area (Å²) in [6.45, 7) is 23.6. The Morgan fingerprint density at radius 3 is 2.24 bits per heavy atom. The number of hydrogen-bond acceptors (Lipinski definition) is 4. The zero-order valence-electron chi connectivity index (χ0n) is 33.0. The van der Waals surface area contributed by atoms with E-state index < -0.39 is 11.4 Å². The van der Waals surface area contributed by atoms with Crippen LogP contribution in [0.1, 0.15) is 144 Å². The van der Waals surface area contributed by atoms with Crippen molar-refractivity contribution in [3.05, 3.63) is 48.0 Å². The van der Waals surface area contributed by atoms with E-state index in [2.05, 4.69) is 65.6 Å². The monoisotopic (exact) mass is 702 g/mol. The Morgan fingerprint density at radius 2 is 1.57 bits per heavy atom. The SMILES string of the molecule is C=C(C)[C@@H]1CC[C@]2(CC(=O)NCc3ccccc3)CC[C@]3(C)[C@H](CC[C@@H]4[C@@]5(C)CC[C@H](OC(=O)CC(C)(C)CC(=O)O)C(C)(C)[C@@H]5CC[C@]43C)[C@@H]12. The molecule has 51 heavy (non-hydrogen) atoms. The van der Waals surface area contributed by atoms with Gasteiger partial charge in [-0.2, -0.15) is 0 Å². The number of carbonyl (C=O) groups is 3. The molecule has 10 atom stereocenters. The van der Waals surface area contributed by atoms with Gasteiger partial charge in [0.15, 0.2) is 0 Å². The van der Waals surface area contributed by atoms with Crippen LogP contribution in [0.15, 0.2) is 42.5 Å². The third-order valence-electron chi connectivity index (χ3n) is 16.6. The van der Waals surface area contributed by atoms with Gasteiger partial charge in [-0.1, -0.05) is 91.0 Å². The minimum atomic E-state index is -0.883. The van der Waals surface area contributed by atoms with E-state index in [9.17, 15) is 19.5 Å². The molecule has 5 saturated carbocycles. The Labute approximate surface area is 308 Å². The fourth-order valence-corrected chi connectivity index (χ4v) is 14.0. The Balaban J connectivity index is 1.21. The highest BCUT2D eigenvalue weighted by molar-refractivity contribution is 5.77. The van der Waals surface area contributed by atoms with Crippen molar-refractivity contribution < 1.29 is 24.2 Å². The molecule has 6 rings (SSSR count). The molecule has 1 aromatic carbocycles. The van der Waals surface area contributed by atoms with Crippen LogP contribution >= 0.6 is 0 Å². The van der Waals surface area contributed by atoms with Crippen LogP contribution in [-0.4, -0.2) is 29.1 Å². The molecule has 1 aromatic rings. The normalized spacial score (nSPS) is 39.8. The molecule has 5 aliphatic rings. The maximum absolute atomic E-state index is 13.7. The lowest BCUT2D eigenvalue weighted by Crippen LogP contribution is -2.67. The minimum absolute atomic E-state index is 0.0435. The number of ether oxygens (including phenoxy) is 1. The zero-order valence-corrected chi connectivity index (χ0v) is 33.0. The topological polar surface area (TPSA) is 92.7 Å². The number of fused-ring (bicyclic) bond motifs is 7. The molecule has 1 amide bonds. The first kappa shape index (κ1) is 38.1. The Hall–Kier alpha value is -2.63. The highest BCUT2D eigenvalue weighted by Crippen LogP contribution is 2.78. The van der Waals surface area contributed by atoms with Gasteiger partial charge in [0.2, 0.25) is 5.91 Å². The second-order valence-corrected chi connectivity index (χ2v) is 20.2. The van der Waals surface area contributed by atoms with Crippen molar-refractivity contribution in [2.24, 2.45) is 62.1 Å². The van der Waals surface area contributed by atoms with Gasteiger partial charge in [-0.25, -0.2) is 0 Å². The Bertz CT molecular complexity index is 1520. The van der Waals surface area contributed by atoms with E-state index in [1.807, 2.05) is 32.0 Å². The van der Waals surface area contributed by atoms with Gasteiger partial charge < -0.3 is 15.2 Å². The van der Waals surface area contributed by atoms with E-state index in [4.69, 9.17) is 4.74 Å². The molecule has 0 aromatic heterocycles. The number of hydrogen-bond donors (Lipinski definition) is 2. The number of esters is 1. The average molecular weight is 702 g/mol. The molecule has 0 bridgehead atoms. The van der Waals surface area contributed by atoms with Gasteiger partial charge >= 0.3 is 11.9 Å². The lowest BCUT2D eigenvalue weighted by Gasteiger charge is -2.73. The smallest absolute Gasteiger partial charge is 0.306 e. The molecule has 282 valence electrons. The highest BCUT2D eigenvalue weighted by atomic mass is 16.5. The van der Waals surface area contributed by atoms with E-state index in [1.165, 1.54) is 31.3 Å². The number of amides is 1. The van der Waals surface area contributed by atoms with Crippen molar-refractivity contribution in [3.63, 3.8) is 0 Å². The van der Waals surface area contributed by atoms with E-state index in [1.54, 1.807) is 0 Å². The lowest BCUT2D eigenvalue weighted by molar-refractivity contribution is -0.250. The van der Waals surface area contributed by atoms with E-state index in [0.717, 1.165) is 44.1 Å². The molecule has 0 unspecified atom stereocenters. The molecule has 2 N–H and O–H groups in total. The van der Waals surface area contributed by atoms with Gasteiger partial charge in [-0.15, -0.1) is 0 Å². The van der Waals surface area contributed by atoms with Gasteiger partial charge in [-0.3, -0.25) is 14.4 Å². The second kappa shape index (κ2) is 13.3. The van der Waals surface area contributed by atoms with Crippen LogP contribution in [-0.2, 0) is 25.7 Å². The van der Waals surface area contributed by atoms with Gasteiger partial charge in [0, 0.05) is 18.4 Å². The predicted octanol–water partition coefficient (Wildman–Crippen LogP) is 10.2. The number of carboxylic acid groups (broad SMARTS) is 1. The van der Waals surface area contributed by atoms with Crippen molar-refractivity contribution in [3.8, 4) is 0 Å². The molecular weight excluding hydrogens is 634 g/mol. The molecule has 0 radical (unpaired) electrons. The number of nitrogens with one attached hydrogen (secondary N) is 1. The van der Waals surface area contributed by atoms with Crippen LogP contribution in [0.2, 0.25) is 0 Å². The fourth-order valence-electron chi connectivity index (χ4n) is 14.0. The fraction of sp³-hybridized carbons (Fsp3) is 0.756. The lowest BCUT2D eigenvalue weighted by atomic mass is 9.32. The van der Waals surface area contributed by atoms with E-state index in [-0.39, 0.29) is 57.9 Å². The predicted molar refractivity (Wildman–Crippen MR) is 202 cm³/mol. The van der Waals surface area contributed by atoms with Gasteiger partial charge in [0.05, 0.1) is 12.8 Å². The van der Waals surface area contributed by atoms with Crippen molar-refractivity contribution >= 4 is 17.8 Å². The number of rotatable bonds is 10. The Morgan fingerprint density at radius 1 is 0.863 bits per heavy atom. The summed E-state index contributed by atoms with van der Waals surface area (Å²) in [4.78, 5) is 38.3. The summed E-state index contributed by atoms with van der Waals surface area (Å²) >= 11 is 0. The molecule has 0 spiro atoms. The quantitative estimate of drug-likeness (QED) is 0.187. The Kier molecular flexibility index (Phi) is 9.97. The van der Waals surface area contributed by atoms with E-state index in [0.29, 0.717) is 42.6 Å². The summed E-state index contributed by atoms with van der Waals surface area (Å²) in [5.74, 6) is 1.66. The molecule has 0 saturated heterocycles. The van der Waals surface area contributed by atoms with Crippen LogP contribution in [0.3, 0.4) is 0 Å². The van der Waals surface area contributed by atoms with Crippen LogP contribution in [0.4, 0.5) is 0 Å². The van der Waals surface area contributed by atoms with Crippen molar-refractivity contribution in [1.29, 1.82) is 0 Å². The number of carboxylic acids is 1. The summed E-state index contributed by atoms with van der Waals surface area (Å²) in [6, 6.07) is 10.3. The summed E-state index contributed by atoms with van der Waals surface area (Å²) < 4.78 is 6.28. The van der Waals surface area contributed by atoms with Crippen LogP contribution in [0.5, 0.6) is 0 Å². The third kappa shape index (κ3) is 6.51. The molecule has 6 nitrogen and oxygen atoms in total. The van der Waals surface area contributed by atoms with Crippen LogP contribution < -0.4 is 5.32 Å². The standard InChI is InChI=1S/C45H67NO5/c1-29(2)31-17-22-45(25-36(47)46-28-30-13-11-10-12-14-30)24-23-43(8)32(39(31)45)15-16-34-42(7)20-19-35(41(5,6)33(42)18-21-44(34,43)9)51-38(50)27-40(3,4)26-37(48)49/h10-14,31-35,39H,1,15-28H2,2-9H3,(H,46,47)(H,48,49)/t31-,32+,33-,34+,35-,39+,42-,43+,44+,45+/m0/s1. The first-order valence-corrected chi connectivity index (χ1v) is 20.2. The summed E-state index contributed by atoms with van der Waals surface area (Å²) in [5, 5.41) is 12.6. The number of carbonyl (C=O) groups excluding carboxylic acids is 2. The third-order valence-corrected chi connectivity index (χ3v) is 16.6. The van der Waals surface area contributed by atoms with Crippen LogP contribution in [0.25, 0.3) is 0 Å². The van der Waals surface area contributed by atoms with Gasteiger partial charge in [0.25, 0.3) is 0 Å². The number of allylic oxidation sites excluding steroid dienone is 1. The summed E-state index contributed by atoms with van der Waals surface area (Å²) in [6.07, 6.45) is 11.8. The number of aliphatic carboxylic acids is 1. The molecule has 6 heteroatoms. The molecule has 5 aliphatic carbocycles. The highest BCUT2D eigenvalue weighted by Gasteiger charge is 2.71. The average Bonchev–Trinajstić information content (AvgIpc) is 3.41. The first-order valence-electron chi connectivity index (χ1n) is 20.2. The van der Waals surface area contributed by atoms with Crippen molar-refractivity contribution in [1.82, 2.24) is 5.32 Å². The maximum atomic E-state index is 13.7. The molecular formula is C45H67NO5. The summed E-state index contributed by atoms with van der Waals surface area (Å²) in [7, 11) is 0. The van der Waals surface area contributed by atoms with Gasteiger partial charge in [0.1, 0.15) is 6.10 Å². The van der Waals surface area contributed by atoms with Gasteiger partial charge in [-0.05, 0) is 133 Å². The maximum Gasteiger partial charge on any atom is 0.306 e. The molecule has 0 heterocycles. The van der Waals surface area contributed by atoms with E-state index >= 15 is 0 Å². The van der Waals surface area contributed by atoms with Crippen LogP contribution in [0, 0.1) is 62.1 Å². The zero-order chi connectivity index (χ0) is 37.2. The first-order chi connectivity index (χ1) is 23.8. The van der Waals surface area contributed by atoms with Crippen molar-refractivity contribution in [2.45, 2.75) is 152 Å².